The molecular weight excluding hydrogens is 344 g/mol. The number of hydrogen-bond acceptors (Lipinski definition) is 5. The van der Waals surface area contributed by atoms with Gasteiger partial charge in [-0.05, 0) is 28.1 Å². The lowest BCUT2D eigenvalue weighted by molar-refractivity contribution is 0.181. The lowest BCUT2D eigenvalue weighted by atomic mass is 10.3. The van der Waals surface area contributed by atoms with E-state index in [0.29, 0.717) is 12.6 Å². The second-order valence-electron chi connectivity index (χ2n) is 4.46. The third kappa shape index (κ3) is 4.10. The standard InChI is InChI=1S/C13H17BrN2OS2/c1-8(2)15-6-11-9(7-17-3)16-13(19-11)10-4-5-12(14)18-10/h4-5,8,15H,6-7H2,1-3H3. The summed E-state index contributed by atoms with van der Waals surface area (Å²) in [7, 11) is 1.71. The fourth-order valence-corrected chi connectivity index (χ4v) is 4.06. The number of thiazole rings is 1. The quantitative estimate of drug-likeness (QED) is 0.834. The van der Waals surface area contributed by atoms with E-state index in [1.807, 2.05) is 0 Å². The van der Waals surface area contributed by atoms with E-state index in [2.05, 4.69) is 47.2 Å². The minimum atomic E-state index is 0.469. The third-order valence-corrected chi connectivity index (χ3v) is 5.40. The van der Waals surface area contributed by atoms with Crippen LogP contribution in [-0.2, 0) is 17.9 Å². The molecule has 0 aliphatic carbocycles. The van der Waals surface area contributed by atoms with Gasteiger partial charge in [0.1, 0.15) is 5.01 Å². The highest BCUT2D eigenvalue weighted by Crippen LogP contribution is 2.35. The minimum Gasteiger partial charge on any atom is -0.378 e. The fraction of sp³-hybridized carbons (Fsp3) is 0.462. The summed E-state index contributed by atoms with van der Waals surface area (Å²) in [6, 6.07) is 4.63. The number of rotatable bonds is 6. The van der Waals surface area contributed by atoms with E-state index < -0.39 is 0 Å². The molecule has 0 aliphatic heterocycles. The Hall–Kier alpha value is -0.270. The summed E-state index contributed by atoms with van der Waals surface area (Å²) in [6.07, 6.45) is 0. The molecule has 0 bridgehead atoms. The zero-order valence-corrected chi connectivity index (χ0v) is 14.4. The summed E-state index contributed by atoms with van der Waals surface area (Å²) in [5, 5.41) is 4.51. The molecule has 2 heterocycles. The Bertz CT molecular complexity index is 536. The average molecular weight is 361 g/mol. The van der Waals surface area contributed by atoms with Crippen LogP contribution in [0.1, 0.15) is 24.4 Å². The van der Waals surface area contributed by atoms with Crippen LogP contribution in [0.25, 0.3) is 9.88 Å². The number of ether oxygens (including phenoxy) is 1. The smallest absolute Gasteiger partial charge is 0.134 e. The van der Waals surface area contributed by atoms with Crippen LogP contribution in [0.3, 0.4) is 0 Å². The van der Waals surface area contributed by atoms with E-state index >= 15 is 0 Å². The molecule has 2 aromatic rings. The van der Waals surface area contributed by atoms with Crippen LogP contribution in [0.4, 0.5) is 0 Å². The maximum Gasteiger partial charge on any atom is 0.134 e. The second kappa shape index (κ2) is 6.95. The molecule has 3 nitrogen and oxygen atoms in total. The monoisotopic (exact) mass is 360 g/mol. The van der Waals surface area contributed by atoms with Gasteiger partial charge in [0, 0.05) is 24.6 Å². The van der Waals surface area contributed by atoms with Crippen LogP contribution in [-0.4, -0.2) is 18.1 Å². The van der Waals surface area contributed by atoms with Crippen molar-refractivity contribution in [2.75, 3.05) is 7.11 Å². The summed E-state index contributed by atoms with van der Waals surface area (Å²) < 4.78 is 6.37. The van der Waals surface area contributed by atoms with E-state index in [4.69, 9.17) is 9.72 Å². The van der Waals surface area contributed by atoms with Gasteiger partial charge in [-0.1, -0.05) is 13.8 Å². The SMILES string of the molecule is COCc1nc(-c2ccc(Br)s2)sc1CNC(C)C. The number of methoxy groups -OCH3 is 1. The highest BCUT2D eigenvalue weighted by Gasteiger charge is 2.14. The molecule has 19 heavy (non-hydrogen) atoms. The first-order valence-corrected chi connectivity index (χ1v) is 8.49. The minimum absolute atomic E-state index is 0.469. The molecular formula is C13H17BrN2OS2. The molecule has 0 amide bonds. The first-order chi connectivity index (χ1) is 9.10. The number of nitrogens with zero attached hydrogens (tertiary/aromatic N) is 1. The van der Waals surface area contributed by atoms with E-state index in [9.17, 15) is 0 Å². The van der Waals surface area contributed by atoms with Crippen molar-refractivity contribution in [2.45, 2.75) is 33.0 Å². The largest absolute Gasteiger partial charge is 0.378 e. The summed E-state index contributed by atoms with van der Waals surface area (Å²) in [6.45, 7) is 5.71. The normalized spacial score (nSPS) is 11.4. The van der Waals surface area contributed by atoms with Gasteiger partial charge >= 0.3 is 0 Å². The molecule has 104 valence electrons. The summed E-state index contributed by atoms with van der Waals surface area (Å²) in [5.74, 6) is 0. The van der Waals surface area contributed by atoms with Crippen LogP contribution in [0.15, 0.2) is 15.9 Å². The van der Waals surface area contributed by atoms with E-state index in [1.54, 1.807) is 29.8 Å². The molecule has 6 heteroatoms. The molecule has 0 spiro atoms. The molecule has 0 unspecified atom stereocenters. The molecule has 0 atom stereocenters. The molecule has 0 saturated carbocycles. The van der Waals surface area contributed by atoms with Crippen LogP contribution >= 0.6 is 38.6 Å². The number of nitrogens with one attached hydrogen (secondary N) is 1. The number of aromatic nitrogens is 1. The van der Waals surface area contributed by atoms with Crippen molar-refractivity contribution in [3.05, 3.63) is 26.5 Å². The van der Waals surface area contributed by atoms with Crippen LogP contribution < -0.4 is 5.32 Å². The Morgan fingerprint density at radius 1 is 1.37 bits per heavy atom. The molecule has 2 aromatic heterocycles. The van der Waals surface area contributed by atoms with Gasteiger partial charge in [0.25, 0.3) is 0 Å². The van der Waals surface area contributed by atoms with Crippen molar-refractivity contribution in [3.8, 4) is 9.88 Å². The van der Waals surface area contributed by atoms with Crippen LogP contribution in [0.2, 0.25) is 0 Å². The predicted octanol–water partition coefficient (Wildman–Crippen LogP) is 4.28. The van der Waals surface area contributed by atoms with Gasteiger partial charge in [-0.3, -0.25) is 0 Å². The highest BCUT2D eigenvalue weighted by molar-refractivity contribution is 9.11. The predicted molar refractivity (Wildman–Crippen MR) is 85.8 cm³/mol. The van der Waals surface area contributed by atoms with E-state index in [0.717, 1.165) is 21.0 Å². The second-order valence-corrected chi connectivity index (χ2v) is 8.01. The lowest BCUT2D eigenvalue weighted by Gasteiger charge is -2.07. The Morgan fingerprint density at radius 3 is 2.74 bits per heavy atom. The Morgan fingerprint density at radius 2 is 2.16 bits per heavy atom. The zero-order chi connectivity index (χ0) is 13.8. The molecule has 0 aromatic carbocycles. The van der Waals surface area contributed by atoms with Gasteiger partial charge in [0.05, 0.1) is 21.0 Å². The molecule has 2 rings (SSSR count). The van der Waals surface area contributed by atoms with Crippen molar-refractivity contribution in [2.24, 2.45) is 0 Å². The maximum absolute atomic E-state index is 5.24. The van der Waals surface area contributed by atoms with Gasteiger partial charge in [0.2, 0.25) is 0 Å². The first-order valence-electron chi connectivity index (χ1n) is 6.06. The van der Waals surface area contributed by atoms with Gasteiger partial charge in [-0.15, -0.1) is 22.7 Å². The fourth-order valence-electron chi connectivity index (χ4n) is 1.60. The summed E-state index contributed by atoms with van der Waals surface area (Å²) in [5.41, 5.74) is 1.04. The topological polar surface area (TPSA) is 34.1 Å². The van der Waals surface area contributed by atoms with Crippen molar-refractivity contribution >= 4 is 38.6 Å². The van der Waals surface area contributed by atoms with Gasteiger partial charge in [-0.2, -0.15) is 0 Å². The van der Waals surface area contributed by atoms with Crippen molar-refractivity contribution < 1.29 is 4.74 Å². The zero-order valence-electron chi connectivity index (χ0n) is 11.2. The molecule has 1 N–H and O–H groups in total. The van der Waals surface area contributed by atoms with E-state index in [1.165, 1.54) is 9.75 Å². The first kappa shape index (κ1) is 15.1. The Balaban J connectivity index is 2.23. The number of halogens is 1. The van der Waals surface area contributed by atoms with Gasteiger partial charge in [0.15, 0.2) is 0 Å². The third-order valence-electron chi connectivity index (χ3n) is 2.51. The Kier molecular flexibility index (Phi) is 5.53. The summed E-state index contributed by atoms with van der Waals surface area (Å²) in [4.78, 5) is 7.16. The number of thiophene rings is 1. The number of hydrogen-bond donors (Lipinski definition) is 1. The molecule has 0 saturated heterocycles. The summed E-state index contributed by atoms with van der Waals surface area (Å²) >= 11 is 6.95. The molecule has 0 radical (unpaired) electrons. The van der Waals surface area contributed by atoms with E-state index in [-0.39, 0.29) is 0 Å². The highest BCUT2D eigenvalue weighted by atomic mass is 79.9. The van der Waals surface area contributed by atoms with Crippen molar-refractivity contribution in [3.63, 3.8) is 0 Å². The van der Waals surface area contributed by atoms with Gasteiger partial charge < -0.3 is 10.1 Å². The Labute approximate surface area is 130 Å². The lowest BCUT2D eigenvalue weighted by Crippen LogP contribution is -2.21. The van der Waals surface area contributed by atoms with Crippen LogP contribution in [0.5, 0.6) is 0 Å². The maximum atomic E-state index is 5.24. The van der Waals surface area contributed by atoms with Crippen LogP contribution in [0, 0.1) is 0 Å². The average Bonchev–Trinajstić information content (AvgIpc) is 2.94. The van der Waals surface area contributed by atoms with Crippen molar-refractivity contribution in [1.29, 1.82) is 0 Å². The molecule has 0 aliphatic rings. The molecule has 0 fully saturated rings. The van der Waals surface area contributed by atoms with Gasteiger partial charge in [-0.25, -0.2) is 4.98 Å². The van der Waals surface area contributed by atoms with Crippen molar-refractivity contribution in [1.82, 2.24) is 10.3 Å².